The van der Waals surface area contributed by atoms with E-state index in [9.17, 15) is 18.0 Å². The van der Waals surface area contributed by atoms with E-state index in [0.29, 0.717) is 22.3 Å². The van der Waals surface area contributed by atoms with Gasteiger partial charge in [0.1, 0.15) is 5.60 Å². The van der Waals surface area contributed by atoms with E-state index in [0.717, 1.165) is 0 Å². The smallest absolute Gasteiger partial charge is 0.408 e. The first-order valence-electron chi connectivity index (χ1n) is 10.5. The van der Waals surface area contributed by atoms with E-state index in [1.54, 1.807) is 44.8 Å². The lowest BCUT2D eigenvalue weighted by atomic mass is 10.0. The van der Waals surface area contributed by atoms with Gasteiger partial charge in [-0.15, -0.1) is 0 Å². The number of amides is 2. The monoisotopic (exact) mass is 505 g/mol. The Bertz CT molecular complexity index is 1410. The number of carbonyl (C=O) groups is 2. The molecule has 0 unspecified atom stereocenters. The van der Waals surface area contributed by atoms with Crippen LogP contribution in [0.4, 0.5) is 10.5 Å². The number of halogens is 1. The number of pyridine rings is 1. The molecular formula is C22H24ClN5O5S. The zero-order valence-corrected chi connectivity index (χ0v) is 20.6. The Hall–Kier alpha value is -3.18. The number of aromatic nitrogens is 3. The van der Waals surface area contributed by atoms with Crippen LogP contribution in [-0.2, 0) is 21.6 Å². The summed E-state index contributed by atoms with van der Waals surface area (Å²) < 4.78 is 32.5. The van der Waals surface area contributed by atoms with Crippen LogP contribution in [0, 0.1) is 0 Å². The van der Waals surface area contributed by atoms with Gasteiger partial charge in [0.05, 0.1) is 44.5 Å². The standard InChI is InChI=1S/C22H24ClN5O5S/c1-22(2,3)33-21(30)27-17-6-8-34(31,32)18-10-12(15(23)9-13(17)18)20(29)26-16-5-7-24-19-14(16)11-25-28(19)4/h5,7,9-11,17H,6,8H2,1-4H3,(H,27,30)(H,24,26,29)/t17-/m0/s1. The predicted octanol–water partition coefficient (Wildman–Crippen LogP) is 3.62. The van der Waals surface area contributed by atoms with Gasteiger partial charge in [0, 0.05) is 13.2 Å². The molecule has 1 aliphatic heterocycles. The largest absolute Gasteiger partial charge is 0.444 e. The quantitative estimate of drug-likeness (QED) is 0.555. The Morgan fingerprint density at radius 1 is 1.26 bits per heavy atom. The van der Waals surface area contributed by atoms with Gasteiger partial charge in [-0.2, -0.15) is 5.10 Å². The Kier molecular flexibility index (Phi) is 6.03. The maximum Gasteiger partial charge on any atom is 0.408 e. The molecule has 2 aromatic heterocycles. The van der Waals surface area contributed by atoms with Crippen LogP contribution in [0.5, 0.6) is 0 Å². The van der Waals surface area contributed by atoms with Gasteiger partial charge in [-0.25, -0.2) is 18.2 Å². The lowest BCUT2D eigenvalue weighted by Crippen LogP contribution is -2.38. The van der Waals surface area contributed by atoms with Crippen LogP contribution in [-0.4, -0.2) is 46.5 Å². The van der Waals surface area contributed by atoms with Crippen LogP contribution in [0.2, 0.25) is 5.02 Å². The number of benzene rings is 1. The van der Waals surface area contributed by atoms with Gasteiger partial charge in [-0.3, -0.25) is 9.48 Å². The number of alkyl carbamates (subject to hydrolysis) is 1. The minimum absolute atomic E-state index is 0.00392. The second kappa shape index (κ2) is 8.55. The molecule has 0 radical (unpaired) electrons. The summed E-state index contributed by atoms with van der Waals surface area (Å²) in [6, 6.07) is 3.66. The molecule has 0 bridgehead atoms. The molecule has 2 N–H and O–H groups in total. The van der Waals surface area contributed by atoms with Crippen molar-refractivity contribution >= 4 is 50.2 Å². The highest BCUT2D eigenvalue weighted by atomic mass is 35.5. The van der Waals surface area contributed by atoms with Crippen molar-refractivity contribution in [1.82, 2.24) is 20.1 Å². The van der Waals surface area contributed by atoms with Gasteiger partial charge in [0.2, 0.25) is 0 Å². The van der Waals surface area contributed by atoms with E-state index in [1.165, 1.54) is 18.3 Å². The maximum atomic E-state index is 13.1. The Labute approximate surface area is 201 Å². The summed E-state index contributed by atoms with van der Waals surface area (Å²) in [6.45, 7) is 5.20. The maximum absolute atomic E-state index is 13.1. The molecule has 3 aromatic rings. The van der Waals surface area contributed by atoms with Gasteiger partial charge in [-0.05, 0) is 51.0 Å². The summed E-state index contributed by atoms with van der Waals surface area (Å²) >= 11 is 6.42. The average molecular weight is 506 g/mol. The average Bonchev–Trinajstić information content (AvgIpc) is 3.10. The van der Waals surface area contributed by atoms with Crippen molar-refractivity contribution in [3.63, 3.8) is 0 Å². The molecule has 0 saturated carbocycles. The van der Waals surface area contributed by atoms with Crippen molar-refractivity contribution < 1.29 is 22.7 Å². The lowest BCUT2D eigenvalue weighted by molar-refractivity contribution is 0.0500. The molecule has 0 spiro atoms. The number of rotatable bonds is 3. The molecular weight excluding hydrogens is 482 g/mol. The molecule has 10 nitrogen and oxygen atoms in total. The summed E-state index contributed by atoms with van der Waals surface area (Å²) in [5.74, 6) is -0.773. The number of fused-ring (bicyclic) bond motifs is 2. The number of nitrogens with one attached hydrogen (secondary N) is 2. The van der Waals surface area contributed by atoms with Crippen LogP contribution >= 0.6 is 11.6 Å². The topological polar surface area (TPSA) is 132 Å². The zero-order chi connectivity index (χ0) is 24.8. The van der Waals surface area contributed by atoms with Crippen molar-refractivity contribution in [3.05, 3.63) is 46.7 Å². The summed E-state index contributed by atoms with van der Waals surface area (Å²) in [4.78, 5) is 29.5. The fourth-order valence-corrected chi connectivity index (χ4v) is 5.65. The Morgan fingerprint density at radius 2 is 2.00 bits per heavy atom. The van der Waals surface area contributed by atoms with Gasteiger partial charge >= 0.3 is 6.09 Å². The van der Waals surface area contributed by atoms with Crippen molar-refractivity contribution in [2.75, 3.05) is 11.1 Å². The van der Waals surface area contributed by atoms with Crippen LogP contribution in [0.3, 0.4) is 0 Å². The first kappa shape index (κ1) is 24.0. The van der Waals surface area contributed by atoms with Crippen LogP contribution < -0.4 is 10.6 Å². The molecule has 0 aliphatic carbocycles. The molecule has 1 atom stereocenters. The molecule has 0 fully saturated rings. The highest BCUT2D eigenvalue weighted by Gasteiger charge is 2.34. The summed E-state index contributed by atoms with van der Waals surface area (Å²) in [6.07, 6.45) is 2.60. The van der Waals surface area contributed by atoms with E-state index in [1.807, 2.05) is 0 Å². The number of aryl methyl sites for hydroxylation is 1. The van der Waals surface area contributed by atoms with Crippen molar-refractivity contribution in [3.8, 4) is 0 Å². The third kappa shape index (κ3) is 4.71. The fourth-order valence-electron chi connectivity index (χ4n) is 3.77. The van der Waals surface area contributed by atoms with Gasteiger partial charge in [0.15, 0.2) is 15.5 Å². The van der Waals surface area contributed by atoms with Crippen molar-refractivity contribution in [2.24, 2.45) is 7.05 Å². The number of nitrogens with zero attached hydrogens (tertiary/aromatic N) is 3. The van der Waals surface area contributed by atoms with Crippen molar-refractivity contribution in [2.45, 2.75) is 43.7 Å². The fraction of sp³-hybridized carbons (Fsp3) is 0.364. The molecule has 12 heteroatoms. The molecule has 1 aromatic carbocycles. The molecule has 0 saturated heterocycles. The van der Waals surface area contributed by atoms with Crippen LogP contribution in [0.25, 0.3) is 11.0 Å². The summed E-state index contributed by atoms with van der Waals surface area (Å²) in [5, 5.41) is 10.3. The lowest BCUT2D eigenvalue weighted by Gasteiger charge is -2.28. The normalized spacial score (nSPS) is 17.1. The van der Waals surface area contributed by atoms with Gasteiger partial charge in [-0.1, -0.05) is 11.6 Å². The molecule has 2 amide bonds. The minimum atomic E-state index is -3.68. The first-order valence-corrected chi connectivity index (χ1v) is 12.5. The SMILES string of the molecule is Cn1ncc2c(NC(=O)c3cc4c(cc3Cl)[C@@H](NC(=O)OC(C)(C)C)CCS4(=O)=O)ccnc21. The van der Waals surface area contributed by atoms with Crippen LogP contribution in [0.1, 0.15) is 49.2 Å². The van der Waals surface area contributed by atoms with Gasteiger partial charge < -0.3 is 15.4 Å². The van der Waals surface area contributed by atoms with E-state index in [-0.39, 0.29) is 27.7 Å². The van der Waals surface area contributed by atoms with E-state index < -0.39 is 33.5 Å². The Morgan fingerprint density at radius 3 is 2.71 bits per heavy atom. The molecule has 34 heavy (non-hydrogen) atoms. The van der Waals surface area contributed by atoms with E-state index >= 15 is 0 Å². The van der Waals surface area contributed by atoms with E-state index in [4.69, 9.17) is 16.3 Å². The number of hydrogen-bond acceptors (Lipinski definition) is 7. The molecule has 180 valence electrons. The second-order valence-electron chi connectivity index (χ2n) is 8.99. The van der Waals surface area contributed by atoms with Crippen molar-refractivity contribution in [1.29, 1.82) is 0 Å². The molecule has 3 heterocycles. The predicted molar refractivity (Wildman–Crippen MR) is 127 cm³/mol. The van der Waals surface area contributed by atoms with Crippen LogP contribution in [0.15, 0.2) is 35.5 Å². The third-order valence-electron chi connectivity index (χ3n) is 5.30. The number of anilines is 1. The highest BCUT2D eigenvalue weighted by Crippen LogP contribution is 2.36. The summed E-state index contributed by atoms with van der Waals surface area (Å²) in [5.41, 5.74) is 0.644. The molecule has 1 aliphatic rings. The minimum Gasteiger partial charge on any atom is -0.444 e. The number of sulfone groups is 1. The number of hydrogen-bond donors (Lipinski definition) is 2. The third-order valence-corrected chi connectivity index (χ3v) is 7.41. The number of carbonyl (C=O) groups excluding carboxylic acids is 2. The highest BCUT2D eigenvalue weighted by molar-refractivity contribution is 7.91. The zero-order valence-electron chi connectivity index (χ0n) is 19.0. The summed E-state index contributed by atoms with van der Waals surface area (Å²) in [7, 11) is -1.95. The second-order valence-corrected chi connectivity index (χ2v) is 11.5. The molecule has 4 rings (SSSR count). The first-order chi connectivity index (χ1) is 15.9. The van der Waals surface area contributed by atoms with E-state index in [2.05, 4.69) is 20.7 Å². The van der Waals surface area contributed by atoms with Gasteiger partial charge in [0.25, 0.3) is 5.91 Å². The Balaban J connectivity index is 1.67. The number of ether oxygens (including phenoxy) is 1.